The summed E-state index contributed by atoms with van der Waals surface area (Å²) in [6, 6.07) is 70.0. The van der Waals surface area contributed by atoms with Crippen LogP contribution in [0, 0.1) is 6.92 Å². The summed E-state index contributed by atoms with van der Waals surface area (Å²) >= 11 is 0. The molecule has 0 radical (unpaired) electrons. The Morgan fingerprint density at radius 1 is 0.367 bits per heavy atom. The number of aryl methyl sites for hydroxylation is 3. The molecule has 3 aromatic heterocycles. The average molecular weight is 770 g/mol. The molecule has 0 spiro atoms. The highest BCUT2D eigenvalue weighted by molar-refractivity contribution is 6.11. The van der Waals surface area contributed by atoms with Gasteiger partial charge in [0, 0.05) is 38.0 Å². The Balaban J connectivity index is 0.877. The average Bonchev–Trinajstić information content (AvgIpc) is 3.97. The van der Waals surface area contributed by atoms with Gasteiger partial charge in [0.25, 0.3) is 0 Å². The summed E-state index contributed by atoms with van der Waals surface area (Å²) in [4.78, 5) is 0. The third-order valence-corrected chi connectivity index (χ3v) is 12.5. The minimum absolute atomic E-state index is 0.885. The lowest BCUT2D eigenvalue weighted by atomic mass is 9.92. The molecule has 0 aliphatic carbocycles. The first-order valence-electron chi connectivity index (χ1n) is 20.8. The van der Waals surface area contributed by atoms with E-state index in [-0.39, 0.29) is 0 Å². The molecule has 0 amide bonds. The molecule has 12 aromatic rings. The molecule has 12 rings (SSSR count). The Kier molecular flexibility index (Phi) is 7.89. The van der Waals surface area contributed by atoms with Gasteiger partial charge >= 0.3 is 0 Å². The summed E-state index contributed by atoms with van der Waals surface area (Å²) in [5.74, 6) is 0. The lowest BCUT2D eigenvalue weighted by Gasteiger charge is -2.12. The van der Waals surface area contributed by atoms with Crippen LogP contribution in [-0.2, 0) is 12.8 Å². The number of hydrogen-bond donors (Lipinski definition) is 0. The summed E-state index contributed by atoms with van der Waals surface area (Å²) in [7, 11) is 0. The molecule has 60 heavy (non-hydrogen) atoms. The lowest BCUT2D eigenvalue weighted by molar-refractivity contribution is 0.668. The fourth-order valence-electron chi connectivity index (χ4n) is 9.48. The molecule has 0 aliphatic rings. The number of furan rings is 2. The van der Waals surface area contributed by atoms with E-state index in [4.69, 9.17) is 8.83 Å². The zero-order chi connectivity index (χ0) is 39.7. The lowest BCUT2D eigenvalue weighted by Crippen LogP contribution is -1.95. The number of rotatable bonds is 7. The van der Waals surface area contributed by atoms with E-state index in [1.54, 1.807) is 0 Å². The van der Waals surface area contributed by atoms with Gasteiger partial charge in [0.1, 0.15) is 22.3 Å². The zero-order valence-corrected chi connectivity index (χ0v) is 33.2. The standard InChI is InChI=1S/C57H39NO2/c1-36-11-2-4-15-44(36)45-16-5-3-12-38(45)23-21-37-22-27-54-48(31-37)49-33-41(24-28-55(49)59-54)39-13-10-14-40(32-39)42-25-29-56-50(34-42)51-35-43(26-30-57(51)60-56)58-52-19-8-6-17-46(52)47-18-7-9-20-53(47)58/h2-20,22,24-35H,21,23H2,1H3. The van der Waals surface area contributed by atoms with E-state index in [1.165, 1.54) is 55.2 Å². The third kappa shape index (κ3) is 5.66. The summed E-state index contributed by atoms with van der Waals surface area (Å²) < 4.78 is 15.1. The van der Waals surface area contributed by atoms with Crippen molar-refractivity contribution >= 4 is 65.7 Å². The molecule has 3 heterocycles. The van der Waals surface area contributed by atoms with Crippen LogP contribution in [-0.4, -0.2) is 4.57 Å². The van der Waals surface area contributed by atoms with Crippen LogP contribution < -0.4 is 0 Å². The molecule has 0 aliphatic heterocycles. The molecule has 0 unspecified atom stereocenters. The second kappa shape index (κ2) is 13.8. The van der Waals surface area contributed by atoms with Crippen molar-refractivity contribution < 1.29 is 8.83 Å². The van der Waals surface area contributed by atoms with Gasteiger partial charge in [-0.3, -0.25) is 0 Å². The monoisotopic (exact) mass is 769 g/mol. The minimum Gasteiger partial charge on any atom is -0.456 e. The highest BCUT2D eigenvalue weighted by atomic mass is 16.3. The van der Waals surface area contributed by atoms with Gasteiger partial charge in [-0.05, 0) is 143 Å². The Morgan fingerprint density at radius 3 is 1.55 bits per heavy atom. The largest absolute Gasteiger partial charge is 0.456 e. The van der Waals surface area contributed by atoms with E-state index in [9.17, 15) is 0 Å². The maximum atomic E-state index is 6.41. The van der Waals surface area contributed by atoms with Gasteiger partial charge in [-0.2, -0.15) is 0 Å². The van der Waals surface area contributed by atoms with Crippen LogP contribution in [0.5, 0.6) is 0 Å². The van der Waals surface area contributed by atoms with Crippen molar-refractivity contribution in [3.05, 3.63) is 211 Å². The number of fused-ring (bicyclic) bond motifs is 9. The van der Waals surface area contributed by atoms with Crippen LogP contribution in [0.1, 0.15) is 16.7 Å². The van der Waals surface area contributed by atoms with Gasteiger partial charge < -0.3 is 13.4 Å². The van der Waals surface area contributed by atoms with Crippen molar-refractivity contribution in [2.45, 2.75) is 19.8 Å². The van der Waals surface area contributed by atoms with Crippen LogP contribution in [0.4, 0.5) is 0 Å². The van der Waals surface area contributed by atoms with Crippen LogP contribution in [0.15, 0.2) is 203 Å². The molecule has 0 N–H and O–H groups in total. The molecule has 3 nitrogen and oxygen atoms in total. The van der Waals surface area contributed by atoms with E-state index in [2.05, 4.69) is 206 Å². The number of nitrogens with zero attached hydrogens (tertiary/aromatic N) is 1. The summed E-state index contributed by atoms with van der Waals surface area (Å²) in [6.45, 7) is 2.19. The Bertz CT molecular complexity index is 3580. The van der Waals surface area contributed by atoms with Crippen molar-refractivity contribution in [1.82, 2.24) is 4.57 Å². The summed E-state index contributed by atoms with van der Waals surface area (Å²) in [5, 5.41) is 7.02. The van der Waals surface area contributed by atoms with Gasteiger partial charge in [0.05, 0.1) is 11.0 Å². The molecule has 284 valence electrons. The number of para-hydroxylation sites is 2. The van der Waals surface area contributed by atoms with E-state index >= 15 is 0 Å². The first-order valence-corrected chi connectivity index (χ1v) is 20.8. The third-order valence-electron chi connectivity index (χ3n) is 12.5. The molecular weight excluding hydrogens is 731 g/mol. The van der Waals surface area contributed by atoms with Crippen LogP contribution >= 0.6 is 0 Å². The molecule has 0 saturated carbocycles. The van der Waals surface area contributed by atoms with Crippen LogP contribution in [0.2, 0.25) is 0 Å². The maximum Gasteiger partial charge on any atom is 0.135 e. The molecule has 0 atom stereocenters. The fourth-order valence-corrected chi connectivity index (χ4v) is 9.48. The Labute approximate surface area is 347 Å². The van der Waals surface area contributed by atoms with Crippen molar-refractivity contribution in [1.29, 1.82) is 0 Å². The first kappa shape index (κ1) is 34.4. The Morgan fingerprint density at radius 2 is 0.883 bits per heavy atom. The van der Waals surface area contributed by atoms with Crippen molar-refractivity contribution in [2.75, 3.05) is 0 Å². The molecule has 3 heteroatoms. The number of aromatic nitrogens is 1. The highest BCUT2D eigenvalue weighted by Gasteiger charge is 2.16. The van der Waals surface area contributed by atoms with Crippen LogP contribution in [0.25, 0.3) is 105 Å². The second-order valence-electron chi connectivity index (χ2n) is 16.1. The quantitative estimate of drug-likeness (QED) is 0.162. The van der Waals surface area contributed by atoms with E-state index in [0.717, 1.165) is 79.1 Å². The number of hydrogen-bond acceptors (Lipinski definition) is 2. The van der Waals surface area contributed by atoms with E-state index in [1.807, 2.05) is 0 Å². The van der Waals surface area contributed by atoms with Crippen molar-refractivity contribution in [3.8, 4) is 39.1 Å². The van der Waals surface area contributed by atoms with Gasteiger partial charge in [0.2, 0.25) is 0 Å². The normalized spacial score (nSPS) is 11.9. The van der Waals surface area contributed by atoms with Gasteiger partial charge in [-0.1, -0.05) is 121 Å². The second-order valence-corrected chi connectivity index (χ2v) is 16.1. The van der Waals surface area contributed by atoms with Crippen LogP contribution in [0.3, 0.4) is 0 Å². The predicted octanol–water partition coefficient (Wildman–Crippen LogP) is 15.7. The highest BCUT2D eigenvalue weighted by Crippen LogP contribution is 2.39. The van der Waals surface area contributed by atoms with E-state index < -0.39 is 0 Å². The van der Waals surface area contributed by atoms with Crippen molar-refractivity contribution in [2.24, 2.45) is 0 Å². The summed E-state index contributed by atoms with van der Waals surface area (Å²) in [6.07, 6.45) is 1.91. The molecule has 0 bridgehead atoms. The fraction of sp³-hybridized carbons (Fsp3) is 0.0526. The predicted molar refractivity (Wildman–Crippen MR) is 250 cm³/mol. The maximum absolute atomic E-state index is 6.41. The van der Waals surface area contributed by atoms with Crippen molar-refractivity contribution in [3.63, 3.8) is 0 Å². The number of benzene rings is 9. The zero-order valence-electron chi connectivity index (χ0n) is 33.2. The molecule has 0 saturated heterocycles. The van der Waals surface area contributed by atoms with Gasteiger partial charge in [-0.15, -0.1) is 0 Å². The molecule has 9 aromatic carbocycles. The van der Waals surface area contributed by atoms with E-state index in [0.29, 0.717) is 0 Å². The molecular formula is C57H39NO2. The first-order chi connectivity index (χ1) is 29.6. The minimum atomic E-state index is 0.885. The van der Waals surface area contributed by atoms with Gasteiger partial charge in [-0.25, -0.2) is 0 Å². The topological polar surface area (TPSA) is 31.2 Å². The SMILES string of the molecule is Cc1ccccc1-c1ccccc1CCc1ccc2oc3ccc(-c4cccc(-c5ccc6oc7ccc(-n8c9ccccc9c9ccccc98)cc7c6c5)c4)cc3c2c1. The van der Waals surface area contributed by atoms with Gasteiger partial charge in [0.15, 0.2) is 0 Å². The smallest absolute Gasteiger partial charge is 0.135 e. The molecule has 0 fully saturated rings. The summed E-state index contributed by atoms with van der Waals surface area (Å²) in [5.41, 5.74) is 18.3. The Hall–Kier alpha value is -7.62.